The van der Waals surface area contributed by atoms with Crippen molar-refractivity contribution in [3.05, 3.63) is 40.4 Å². The summed E-state index contributed by atoms with van der Waals surface area (Å²) in [5.41, 5.74) is 2.98. The highest BCUT2D eigenvalue weighted by molar-refractivity contribution is 6.34. The zero-order valence-corrected chi connectivity index (χ0v) is 12.0. The van der Waals surface area contributed by atoms with E-state index in [-0.39, 0.29) is 5.78 Å². The predicted molar refractivity (Wildman–Crippen MR) is 78.2 cm³/mol. The van der Waals surface area contributed by atoms with E-state index >= 15 is 0 Å². The van der Waals surface area contributed by atoms with E-state index in [1.54, 1.807) is 13.2 Å². The van der Waals surface area contributed by atoms with Crippen LogP contribution in [0.15, 0.2) is 29.8 Å². The number of rotatable bonds is 4. The number of ketones is 1. The van der Waals surface area contributed by atoms with Crippen LogP contribution < -0.4 is 4.90 Å². The Morgan fingerprint density at radius 3 is 2.79 bits per heavy atom. The van der Waals surface area contributed by atoms with Gasteiger partial charge >= 0.3 is 0 Å². The van der Waals surface area contributed by atoms with Crippen molar-refractivity contribution in [3.63, 3.8) is 0 Å². The summed E-state index contributed by atoms with van der Waals surface area (Å²) in [6.45, 7) is 4.04. The number of methoxy groups -OCH3 is 1. The Morgan fingerprint density at radius 2 is 2.26 bits per heavy atom. The lowest BCUT2D eigenvalue weighted by molar-refractivity contribution is 0.101. The molecule has 0 unspecified atom stereocenters. The summed E-state index contributed by atoms with van der Waals surface area (Å²) in [6, 6.07) is 5.62. The summed E-state index contributed by atoms with van der Waals surface area (Å²) in [4.78, 5) is 13.6. The van der Waals surface area contributed by atoms with Crippen molar-refractivity contribution in [3.8, 4) is 0 Å². The number of carbonyl (C=O) groups is 1. The quantitative estimate of drug-likeness (QED) is 0.625. The number of anilines is 1. The summed E-state index contributed by atoms with van der Waals surface area (Å²) < 4.78 is 5.14. The summed E-state index contributed by atoms with van der Waals surface area (Å²) in [7, 11) is 1.72. The molecular weight excluding hydrogens is 262 g/mol. The molecule has 0 fully saturated rings. The predicted octanol–water partition coefficient (Wildman–Crippen LogP) is 3.33. The summed E-state index contributed by atoms with van der Waals surface area (Å²) in [6.07, 6.45) is 3.19. The van der Waals surface area contributed by atoms with E-state index in [1.807, 2.05) is 12.1 Å². The van der Waals surface area contributed by atoms with Gasteiger partial charge in [0.25, 0.3) is 0 Å². The number of ether oxygens (including phenoxy) is 1. The lowest BCUT2D eigenvalue weighted by atomic mass is 10.1. The molecule has 0 bridgehead atoms. The maximum Gasteiger partial charge on any atom is 0.161 e. The fraction of sp³-hybridized carbons (Fsp3) is 0.400. The zero-order valence-electron chi connectivity index (χ0n) is 11.3. The highest BCUT2D eigenvalue weighted by Crippen LogP contribution is 2.26. The maximum atomic E-state index is 11.3. The lowest BCUT2D eigenvalue weighted by Crippen LogP contribution is -2.29. The van der Waals surface area contributed by atoms with Gasteiger partial charge in [-0.1, -0.05) is 17.7 Å². The van der Waals surface area contributed by atoms with Crippen LogP contribution in [-0.4, -0.2) is 32.6 Å². The smallest absolute Gasteiger partial charge is 0.161 e. The molecule has 0 amide bonds. The number of hydrogen-bond donors (Lipinski definition) is 0. The third-order valence-electron chi connectivity index (χ3n) is 3.33. The van der Waals surface area contributed by atoms with Gasteiger partial charge in [0.2, 0.25) is 0 Å². The van der Waals surface area contributed by atoms with Crippen LogP contribution in [0.5, 0.6) is 0 Å². The van der Waals surface area contributed by atoms with E-state index in [9.17, 15) is 4.79 Å². The average Bonchev–Trinajstić information content (AvgIpc) is 2.39. The molecule has 3 nitrogen and oxygen atoms in total. The minimum absolute atomic E-state index is 0.00234. The number of carbonyl (C=O) groups excluding carboxylic acids is 1. The summed E-state index contributed by atoms with van der Waals surface area (Å²) in [5.74, 6) is -0.00234. The van der Waals surface area contributed by atoms with Gasteiger partial charge in [0.15, 0.2) is 5.78 Å². The normalized spacial score (nSPS) is 15.3. The van der Waals surface area contributed by atoms with Crippen molar-refractivity contribution in [2.75, 3.05) is 31.7 Å². The van der Waals surface area contributed by atoms with Crippen LogP contribution in [0.3, 0.4) is 0 Å². The van der Waals surface area contributed by atoms with Gasteiger partial charge in [-0.05, 0) is 37.1 Å². The van der Waals surface area contributed by atoms with Crippen LogP contribution >= 0.6 is 11.6 Å². The minimum atomic E-state index is -0.00234. The van der Waals surface area contributed by atoms with Crippen molar-refractivity contribution in [2.45, 2.75) is 13.3 Å². The number of hydrogen-bond acceptors (Lipinski definition) is 3. The van der Waals surface area contributed by atoms with E-state index in [0.29, 0.717) is 17.2 Å². The number of benzene rings is 1. The Labute approximate surface area is 118 Å². The Hall–Kier alpha value is -1.32. The molecule has 0 spiro atoms. The molecule has 1 heterocycles. The van der Waals surface area contributed by atoms with Crippen molar-refractivity contribution in [2.24, 2.45) is 0 Å². The molecular formula is C15H18ClNO2. The molecule has 0 radical (unpaired) electrons. The second-order valence-corrected chi connectivity index (χ2v) is 5.12. The average molecular weight is 280 g/mol. The molecule has 102 valence electrons. The topological polar surface area (TPSA) is 29.5 Å². The monoisotopic (exact) mass is 279 g/mol. The first-order valence-electron chi connectivity index (χ1n) is 6.34. The van der Waals surface area contributed by atoms with Crippen molar-refractivity contribution < 1.29 is 9.53 Å². The largest absolute Gasteiger partial charge is 0.380 e. The van der Waals surface area contributed by atoms with Gasteiger partial charge in [0.05, 0.1) is 11.6 Å². The van der Waals surface area contributed by atoms with Crippen LogP contribution in [0, 0.1) is 0 Å². The Kier molecular flexibility index (Phi) is 4.61. The Morgan fingerprint density at radius 1 is 1.47 bits per heavy atom. The van der Waals surface area contributed by atoms with Crippen molar-refractivity contribution in [1.29, 1.82) is 0 Å². The molecule has 19 heavy (non-hydrogen) atoms. The third-order valence-corrected chi connectivity index (χ3v) is 3.64. The van der Waals surface area contributed by atoms with Gasteiger partial charge in [-0.25, -0.2) is 0 Å². The molecule has 0 aromatic heterocycles. The molecule has 0 N–H and O–H groups in total. The van der Waals surface area contributed by atoms with E-state index < -0.39 is 0 Å². The molecule has 0 saturated carbocycles. The molecule has 0 atom stereocenters. The zero-order chi connectivity index (χ0) is 13.8. The van der Waals surface area contributed by atoms with Gasteiger partial charge in [-0.2, -0.15) is 0 Å². The summed E-state index contributed by atoms with van der Waals surface area (Å²) >= 11 is 6.14. The number of Topliss-reactive ketones (excluding diaryl/α,β-unsaturated/α-hetero) is 1. The van der Waals surface area contributed by atoms with Gasteiger partial charge in [0, 0.05) is 31.5 Å². The van der Waals surface area contributed by atoms with E-state index in [1.165, 1.54) is 12.5 Å². The number of nitrogens with zero attached hydrogens (tertiary/aromatic N) is 1. The first-order chi connectivity index (χ1) is 9.11. The van der Waals surface area contributed by atoms with Crippen LogP contribution in [0.4, 0.5) is 5.69 Å². The molecule has 0 saturated heterocycles. The Balaban J connectivity index is 2.12. The first-order valence-corrected chi connectivity index (χ1v) is 6.72. The van der Waals surface area contributed by atoms with Crippen molar-refractivity contribution in [1.82, 2.24) is 0 Å². The fourth-order valence-corrected chi connectivity index (χ4v) is 2.56. The first kappa shape index (κ1) is 14.1. The second-order valence-electron chi connectivity index (χ2n) is 4.71. The highest BCUT2D eigenvalue weighted by Gasteiger charge is 2.14. The van der Waals surface area contributed by atoms with E-state index in [4.69, 9.17) is 16.3 Å². The number of halogens is 1. The Bertz CT molecular complexity index is 511. The van der Waals surface area contributed by atoms with Gasteiger partial charge in [0.1, 0.15) is 0 Å². The van der Waals surface area contributed by atoms with Gasteiger partial charge < -0.3 is 9.64 Å². The molecule has 1 aromatic rings. The fourth-order valence-electron chi connectivity index (χ4n) is 2.25. The van der Waals surface area contributed by atoms with Gasteiger partial charge in [-0.15, -0.1) is 0 Å². The van der Waals surface area contributed by atoms with Crippen LogP contribution in [0.25, 0.3) is 0 Å². The van der Waals surface area contributed by atoms with E-state index in [2.05, 4.69) is 11.0 Å². The molecule has 0 aliphatic carbocycles. The lowest BCUT2D eigenvalue weighted by Gasteiger charge is -2.28. The van der Waals surface area contributed by atoms with Crippen molar-refractivity contribution >= 4 is 23.1 Å². The van der Waals surface area contributed by atoms with Gasteiger partial charge in [-0.3, -0.25) is 4.79 Å². The van der Waals surface area contributed by atoms with Crippen LogP contribution in [0.1, 0.15) is 23.7 Å². The molecule has 4 heteroatoms. The molecule has 2 rings (SSSR count). The second kappa shape index (κ2) is 6.22. The maximum absolute atomic E-state index is 11.3. The SMILES string of the molecule is COCC1=CCN(c2ccc(C(C)=O)c(Cl)c2)CC1. The highest BCUT2D eigenvalue weighted by atomic mass is 35.5. The van der Waals surface area contributed by atoms with E-state index in [0.717, 1.165) is 25.2 Å². The minimum Gasteiger partial charge on any atom is -0.380 e. The standard InChI is InChI=1S/C15H18ClNO2/c1-11(18)14-4-3-13(9-15(14)16)17-7-5-12(6-8-17)10-19-2/h3-5,9H,6-8,10H2,1-2H3. The van der Waals surface area contributed by atoms with Crippen LogP contribution in [-0.2, 0) is 4.74 Å². The van der Waals surface area contributed by atoms with Crippen LogP contribution in [0.2, 0.25) is 5.02 Å². The molecule has 1 aliphatic rings. The summed E-state index contributed by atoms with van der Waals surface area (Å²) in [5, 5.41) is 0.525. The molecule has 1 aromatic carbocycles. The third kappa shape index (κ3) is 3.37. The molecule has 1 aliphatic heterocycles.